The van der Waals surface area contributed by atoms with E-state index in [-0.39, 0.29) is 5.91 Å². The van der Waals surface area contributed by atoms with Crippen LogP contribution in [0.25, 0.3) is 11.3 Å². The molecule has 3 rings (SSSR count). The zero-order valence-corrected chi connectivity index (χ0v) is 18.4. The van der Waals surface area contributed by atoms with Crippen molar-refractivity contribution in [3.8, 4) is 22.8 Å². The molecule has 0 aliphatic heterocycles. The van der Waals surface area contributed by atoms with Gasteiger partial charge in [0.25, 0.3) is 5.91 Å². The molecular weight excluding hydrogens is 408 g/mol. The molecule has 0 bridgehead atoms. The van der Waals surface area contributed by atoms with Gasteiger partial charge < -0.3 is 9.47 Å². The molecule has 0 aliphatic rings. The van der Waals surface area contributed by atoms with Gasteiger partial charge >= 0.3 is 0 Å². The van der Waals surface area contributed by atoms with E-state index >= 15 is 0 Å². The molecule has 0 fully saturated rings. The monoisotopic (exact) mass is 430 g/mol. The van der Waals surface area contributed by atoms with Crippen LogP contribution in [0.1, 0.15) is 24.3 Å². The normalized spacial score (nSPS) is 11.8. The zero-order valence-electron chi connectivity index (χ0n) is 16.8. The minimum absolute atomic E-state index is 0.258. The van der Waals surface area contributed by atoms with Gasteiger partial charge in [0, 0.05) is 15.5 Å². The van der Waals surface area contributed by atoms with Crippen LogP contribution in [-0.2, 0) is 4.79 Å². The minimum Gasteiger partial charge on any atom is -0.494 e. The fourth-order valence-corrected chi connectivity index (χ4v) is 3.85. The van der Waals surface area contributed by atoms with Gasteiger partial charge in [0.2, 0.25) is 0 Å². The van der Waals surface area contributed by atoms with Gasteiger partial charge in [0.1, 0.15) is 11.5 Å². The highest BCUT2D eigenvalue weighted by molar-refractivity contribution is 7.16. The number of anilines is 1. The zero-order chi connectivity index (χ0) is 21.0. The smallest absolute Gasteiger partial charge is 0.266 e. The van der Waals surface area contributed by atoms with Gasteiger partial charge in [-0.15, -0.1) is 11.3 Å². The molecular formula is C22H23ClN2O3S. The number of thiazole rings is 1. The molecule has 1 unspecified atom stereocenters. The summed E-state index contributed by atoms with van der Waals surface area (Å²) in [4.78, 5) is 18.2. The number of aromatic nitrogens is 1. The first kappa shape index (κ1) is 21.1. The highest BCUT2D eigenvalue weighted by Crippen LogP contribution is 2.31. The van der Waals surface area contributed by atoms with Gasteiger partial charge in [-0.3, -0.25) is 10.1 Å². The van der Waals surface area contributed by atoms with Crippen molar-refractivity contribution >= 4 is 34.0 Å². The number of nitrogens with one attached hydrogen (secondary N) is 1. The van der Waals surface area contributed by atoms with E-state index in [1.54, 1.807) is 25.1 Å². The molecule has 1 aromatic heterocycles. The van der Waals surface area contributed by atoms with Gasteiger partial charge in [-0.1, -0.05) is 11.6 Å². The Morgan fingerprint density at radius 3 is 2.59 bits per heavy atom. The average molecular weight is 431 g/mol. The quantitative estimate of drug-likeness (QED) is 0.508. The Bertz CT molecular complexity index is 1000. The summed E-state index contributed by atoms with van der Waals surface area (Å²) in [5, 5.41) is 4.02. The summed E-state index contributed by atoms with van der Waals surface area (Å²) in [7, 11) is 0. The Kier molecular flexibility index (Phi) is 6.77. The number of hydrogen-bond donors (Lipinski definition) is 1. The first-order valence-electron chi connectivity index (χ1n) is 9.31. The number of benzene rings is 2. The van der Waals surface area contributed by atoms with Crippen molar-refractivity contribution in [3.05, 3.63) is 57.9 Å². The van der Waals surface area contributed by atoms with Crippen LogP contribution in [0.4, 0.5) is 5.13 Å². The number of halogens is 1. The number of hydrogen-bond acceptors (Lipinski definition) is 5. The molecule has 1 N–H and O–H groups in total. The summed E-state index contributed by atoms with van der Waals surface area (Å²) in [5.41, 5.74) is 2.69. The number of nitrogens with zero attached hydrogens (tertiary/aromatic N) is 1. The third-order valence-electron chi connectivity index (χ3n) is 4.28. The van der Waals surface area contributed by atoms with Gasteiger partial charge in [-0.25, -0.2) is 4.98 Å². The molecule has 2 aromatic carbocycles. The van der Waals surface area contributed by atoms with Crippen LogP contribution in [0.3, 0.4) is 0 Å². The van der Waals surface area contributed by atoms with Crippen molar-refractivity contribution in [1.29, 1.82) is 0 Å². The maximum Gasteiger partial charge on any atom is 0.266 e. The second-order valence-corrected chi connectivity index (χ2v) is 8.18. The lowest BCUT2D eigenvalue weighted by Gasteiger charge is -2.15. The van der Waals surface area contributed by atoms with Crippen molar-refractivity contribution in [2.24, 2.45) is 0 Å². The van der Waals surface area contributed by atoms with Crippen LogP contribution in [0, 0.1) is 13.8 Å². The van der Waals surface area contributed by atoms with Gasteiger partial charge in [0.05, 0.1) is 12.3 Å². The van der Waals surface area contributed by atoms with E-state index in [1.807, 2.05) is 45.0 Å². The molecule has 0 saturated carbocycles. The average Bonchev–Trinajstić information content (AvgIpc) is 3.05. The molecule has 0 spiro atoms. The molecule has 5 nitrogen and oxygen atoms in total. The molecule has 1 atom stereocenters. The second-order valence-electron chi connectivity index (χ2n) is 6.54. The lowest BCUT2D eigenvalue weighted by Crippen LogP contribution is -2.30. The predicted molar refractivity (Wildman–Crippen MR) is 118 cm³/mol. The summed E-state index contributed by atoms with van der Waals surface area (Å²) in [6, 6.07) is 13.1. The number of ether oxygens (including phenoxy) is 2. The van der Waals surface area contributed by atoms with Crippen molar-refractivity contribution in [2.45, 2.75) is 33.8 Å². The molecule has 7 heteroatoms. The summed E-state index contributed by atoms with van der Waals surface area (Å²) >= 11 is 7.40. The van der Waals surface area contributed by atoms with E-state index in [9.17, 15) is 4.79 Å². The standard InChI is InChI=1S/C22H23ClN2O3S/c1-5-27-18-9-6-16(7-10-18)20-15(4)29-22(24-20)25-21(26)14(3)28-19-11-8-17(23)12-13(19)2/h6-12,14H,5H2,1-4H3,(H,24,25,26). The number of aryl methyl sites for hydroxylation is 2. The molecule has 0 saturated heterocycles. The number of carbonyl (C=O) groups is 1. The van der Waals surface area contributed by atoms with Crippen LogP contribution < -0.4 is 14.8 Å². The third kappa shape index (κ3) is 5.28. The van der Waals surface area contributed by atoms with E-state index < -0.39 is 6.10 Å². The van der Waals surface area contributed by atoms with E-state index in [0.29, 0.717) is 22.5 Å². The van der Waals surface area contributed by atoms with Gasteiger partial charge in [-0.2, -0.15) is 0 Å². The molecule has 152 valence electrons. The Balaban J connectivity index is 1.68. The minimum atomic E-state index is -0.673. The Morgan fingerprint density at radius 1 is 1.21 bits per heavy atom. The highest BCUT2D eigenvalue weighted by Gasteiger charge is 2.19. The lowest BCUT2D eigenvalue weighted by atomic mass is 10.1. The van der Waals surface area contributed by atoms with Crippen LogP contribution in [0.5, 0.6) is 11.5 Å². The van der Waals surface area contributed by atoms with Crippen molar-refractivity contribution < 1.29 is 14.3 Å². The first-order chi connectivity index (χ1) is 13.9. The van der Waals surface area contributed by atoms with Crippen LogP contribution in [0.15, 0.2) is 42.5 Å². The van der Waals surface area contributed by atoms with Gasteiger partial charge in [0.15, 0.2) is 11.2 Å². The Labute approximate surface area is 179 Å². The maximum absolute atomic E-state index is 12.6. The van der Waals surface area contributed by atoms with Crippen LogP contribution >= 0.6 is 22.9 Å². The summed E-state index contributed by atoms with van der Waals surface area (Å²) < 4.78 is 11.3. The highest BCUT2D eigenvalue weighted by atomic mass is 35.5. The second kappa shape index (κ2) is 9.29. The third-order valence-corrected chi connectivity index (χ3v) is 5.40. The van der Waals surface area contributed by atoms with Crippen molar-refractivity contribution in [3.63, 3.8) is 0 Å². The molecule has 0 aliphatic carbocycles. The molecule has 1 amide bonds. The number of amides is 1. The van der Waals surface area contributed by atoms with Crippen molar-refractivity contribution in [1.82, 2.24) is 4.98 Å². The van der Waals surface area contributed by atoms with Crippen LogP contribution in [-0.4, -0.2) is 23.6 Å². The molecule has 0 radical (unpaired) electrons. The van der Waals surface area contributed by atoms with E-state index in [0.717, 1.165) is 27.4 Å². The van der Waals surface area contributed by atoms with Crippen LogP contribution in [0.2, 0.25) is 5.02 Å². The van der Waals surface area contributed by atoms with Gasteiger partial charge in [-0.05, 0) is 75.7 Å². The van der Waals surface area contributed by atoms with E-state index in [1.165, 1.54) is 11.3 Å². The molecule has 29 heavy (non-hydrogen) atoms. The fourth-order valence-electron chi connectivity index (χ4n) is 2.79. The maximum atomic E-state index is 12.6. The predicted octanol–water partition coefficient (Wildman–Crippen LogP) is 5.89. The van der Waals surface area contributed by atoms with E-state index in [2.05, 4.69) is 10.3 Å². The summed E-state index contributed by atoms with van der Waals surface area (Å²) in [6.07, 6.45) is -0.673. The largest absolute Gasteiger partial charge is 0.494 e. The Morgan fingerprint density at radius 2 is 1.93 bits per heavy atom. The van der Waals surface area contributed by atoms with E-state index in [4.69, 9.17) is 21.1 Å². The Hall–Kier alpha value is -2.57. The first-order valence-corrected chi connectivity index (χ1v) is 10.5. The fraction of sp³-hybridized carbons (Fsp3) is 0.273. The SMILES string of the molecule is CCOc1ccc(-c2nc(NC(=O)C(C)Oc3ccc(Cl)cc3C)sc2C)cc1. The topological polar surface area (TPSA) is 60.5 Å². The lowest BCUT2D eigenvalue weighted by molar-refractivity contribution is -0.122. The number of carbonyl (C=O) groups excluding carboxylic acids is 1. The van der Waals surface area contributed by atoms with Crippen molar-refractivity contribution in [2.75, 3.05) is 11.9 Å². The molecule has 3 aromatic rings. The molecule has 1 heterocycles. The summed E-state index contributed by atoms with van der Waals surface area (Å²) in [5.74, 6) is 1.19. The summed E-state index contributed by atoms with van der Waals surface area (Å²) in [6.45, 7) is 8.15. The number of rotatable bonds is 7.